The van der Waals surface area contributed by atoms with Crippen molar-refractivity contribution in [1.29, 1.82) is 0 Å². The molecule has 0 spiro atoms. The summed E-state index contributed by atoms with van der Waals surface area (Å²) >= 11 is 1.30. The first-order valence-electron chi connectivity index (χ1n) is 7.43. The second kappa shape index (κ2) is 6.76. The van der Waals surface area contributed by atoms with Gasteiger partial charge in [0.2, 0.25) is 0 Å². The Balaban J connectivity index is 2.22. The van der Waals surface area contributed by atoms with E-state index < -0.39 is 17.9 Å². The van der Waals surface area contributed by atoms with E-state index in [-0.39, 0.29) is 0 Å². The highest BCUT2D eigenvalue weighted by Gasteiger charge is 2.21. The minimum Gasteiger partial charge on any atom is -0.480 e. The highest BCUT2D eigenvalue weighted by molar-refractivity contribution is 7.16. The van der Waals surface area contributed by atoms with E-state index in [2.05, 4.69) is 9.98 Å². The quantitative estimate of drug-likeness (QED) is 0.791. The summed E-state index contributed by atoms with van der Waals surface area (Å²) in [7, 11) is 0. The van der Waals surface area contributed by atoms with Crippen LogP contribution in [0.4, 0.5) is 0 Å². The maximum atomic E-state index is 12.4. The Morgan fingerprint density at radius 3 is 2.75 bits per heavy atom. The van der Waals surface area contributed by atoms with E-state index in [9.17, 15) is 14.7 Å². The van der Waals surface area contributed by atoms with Crippen LogP contribution in [0.15, 0.2) is 53.8 Å². The van der Waals surface area contributed by atoms with E-state index in [4.69, 9.17) is 0 Å². The molecule has 0 aliphatic rings. The van der Waals surface area contributed by atoms with Crippen molar-refractivity contribution in [3.63, 3.8) is 0 Å². The number of carboxylic acid groups (broad SMARTS) is 1. The summed E-state index contributed by atoms with van der Waals surface area (Å²) in [5.41, 5.74) is 1.12. The van der Waals surface area contributed by atoms with E-state index >= 15 is 0 Å². The number of thiazole rings is 1. The first-order valence-corrected chi connectivity index (χ1v) is 8.25. The zero-order chi connectivity index (χ0) is 17.1. The minimum absolute atomic E-state index is 0.366. The van der Waals surface area contributed by atoms with Gasteiger partial charge in [0.15, 0.2) is 4.80 Å². The number of fused-ring (bicyclic) bond motifs is 1. The molecule has 2 heterocycles. The molecule has 0 radical (unpaired) electrons. The number of para-hydroxylation sites is 1. The van der Waals surface area contributed by atoms with Crippen molar-refractivity contribution in [2.45, 2.75) is 19.4 Å². The second-order valence-corrected chi connectivity index (χ2v) is 6.15. The number of hydrogen-bond donors (Lipinski definition) is 1. The third-order valence-corrected chi connectivity index (χ3v) is 4.66. The lowest BCUT2D eigenvalue weighted by molar-refractivity contribution is -0.140. The van der Waals surface area contributed by atoms with Crippen LogP contribution < -0.4 is 4.80 Å². The van der Waals surface area contributed by atoms with Crippen LogP contribution in [0.2, 0.25) is 0 Å². The van der Waals surface area contributed by atoms with E-state index in [0.717, 1.165) is 10.2 Å². The number of benzene rings is 1. The minimum atomic E-state index is -0.948. The molecule has 24 heavy (non-hydrogen) atoms. The number of pyridine rings is 1. The van der Waals surface area contributed by atoms with Crippen molar-refractivity contribution in [3.05, 3.63) is 59.2 Å². The standard InChI is InChI=1S/C17H15N3O3S/c1-2-12(16(22)23)20-13-7-3-4-8-14(13)24-17(20)19-15(21)11-6-5-9-18-10-11/h3-10,12H,2H2,1H3,(H,22,23)/b19-17-. The van der Waals surface area contributed by atoms with Gasteiger partial charge in [-0.15, -0.1) is 0 Å². The fraction of sp³-hybridized carbons (Fsp3) is 0.176. The summed E-state index contributed by atoms with van der Waals surface area (Å²) in [5, 5.41) is 9.53. The SMILES string of the molecule is CCC(C(=O)O)n1/c(=N/C(=O)c2cccnc2)sc2ccccc21. The molecule has 3 rings (SSSR count). The number of carboxylic acids is 1. The Morgan fingerprint density at radius 2 is 2.08 bits per heavy atom. The maximum absolute atomic E-state index is 12.4. The Hall–Kier alpha value is -2.80. The van der Waals surface area contributed by atoms with Crippen molar-refractivity contribution < 1.29 is 14.7 Å². The molecule has 0 bridgehead atoms. The van der Waals surface area contributed by atoms with Crippen molar-refractivity contribution in [2.75, 3.05) is 0 Å². The number of aromatic nitrogens is 2. The van der Waals surface area contributed by atoms with E-state index in [1.165, 1.54) is 17.5 Å². The highest BCUT2D eigenvalue weighted by Crippen LogP contribution is 2.22. The van der Waals surface area contributed by atoms with Crippen LogP contribution in [0.5, 0.6) is 0 Å². The van der Waals surface area contributed by atoms with E-state index in [1.54, 1.807) is 29.8 Å². The maximum Gasteiger partial charge on any atom is 0.326 e. The van der Waals surface area contributed by atoms with Gasteiger partial charge in [-0.2, -0.15) is 4.99 Å². The lowest BCUT2D eigenvalue weighted by atomic mass is 10.2. The van der Waals surface area contributed by atoms with Crippen LogP contribution in [-0.2, 0) is 4.79 Å². The van der Waals surface area contributed by atoms with E-state index in [1.807, 2.05) is 24.3 Å². The second-order valence-electron chi connectivity index (χ2n) is 5.14. The molecule has 6 nitrogen and oxygen atoms in total. The molecule has 0 aliphatic carbocycles. The number of hydrogen-bond acceptors (Lipinski definition) is 4. The molecule has 1 unspecified atom stereocenters. The summed E-state index contributed by atoms with van der Waals surface area (Å²) < 4.78 is 2.51. The fourth-order valence-corrected chi connectivity index (χ4v) is 3.55. The number of amides is 1. The molecule has 1 amide bonds. The molecular formula is C17H15N3O3S. The molecule has 0 saturated carbocycles. The summed E-state index contributed by atoms with van der Waals surface area (Å²) in [6, 6.07) is 9.95. The Morgan fingerprint density at radius 1 is 1.29 bits per heavy atom. The van der Waals surface area contributed by atoms with Crippen LogP contribution in [-0.4, -0.2) is 26.5 Å². The average Bonchev–Trinajstić information content (AvgIpc) is 2.94. The number of carbonyl (C=O) groups excluding carboxylic acids is 1. The molecule has 1 N–H and O–H groups in total. The first kappa shape index (κ1) is 16.1. The first-order chi connectivity index (χ1) is 11.6. The van der Waals surface area contributed by atoms with E-state index in [0.29, 0.717) is 16.8 Å². The highest BCUT2D eigenvalue weighted by atomic mass is 32.1. The average molecular weight is 341 g/mol. The fourth-order valence-electron chi connectivity index (χ4n) is 2.48. The van der Waals surface area contributed by atoms with Crippen LogP contribution in [0.3, 0.4) is 0 Å². The molecule has 7 heteroatoms. The van der Waals surface area contributed by atoms with Gasteiger partial charge in [-0.25, -0.2) is 4.79 Å². The Bertz CT molecular complexity index is 960. The van der Waals surface area contributed by atoms with Gasteiger partial charge in [-0.3, -0.25) is 9.78 Å². The lowest BCUT2D eigenvalue weighted by Crippen LogP contribution is -2.27. The molecular weight excluding hydrogens is 326 g/mol. The van der Waals surface area contributed by atoms with Gasteiger partial charge in [0.1, 0.15) is 6.04 Å². The zero-order valence-electron chi connectivity index (χ0n) is 12.9. The molecule has 1 aromatic carbocycles. The Labute approximate surface area is 141 Å². The lowest BCUT2D eigenvalue weighted by Gasteiger charge is -2.13. The van der Waals surface area contributed by atoms with Gasteiger partial charge >= 0.3 is 5.97 Å². The van der Waals surface area contributed by atoms with Gasteiger partial charge in [-0.1, -0.05) is 30.4 Å². The van der Waals surface area contributed by atoms with Gasteiger partial charge < -0.3 is 9.67 Å². The molecule has 1 atom stereocenters. The topological polar surface area (TPSA) is 84.5 Å². The predicted octanol–water partition coefficient (Wildman–Crippen LogP) is 2.87. The third kappa shape index (κ3) is 2.98. The predicted molar refractivity (Wildman–Crippen MR) is 90.9 cm³/mol. The number of carbonyl (C=O) groups is 2. The van der Waals surface area contributed by atoms with Crippen LogP contribution in [0.25, 0.3) is 10.2 Å². The summed E-state index contributed by atoms with van der Waals surface area (Å²) in [4.78, 5) is 32.4. The summed E-state index contributed by atoms with van der Waals surface area (Å²) in [6.45, 7) is 1.80. The normalized spacial score (nSPS) is 13.1. The van der Waals surface area contributed by atoms with Gasteiger partial charge in [0.05, 0.1) is 15.8 Å². The largest absolute Gasteiger partial charge is 0.480 e. The van der Waals surface area contributed by atoms with Gasteiger partial charge in [0.25, 0.3) is 5.91 Å². The molecule has 0 aliphatic heterocycles. The van der Waals surface area contributed by atoms with Gasteiger partial charge in [0, 0.05) is 12.4 Å². The van der Waals surface area contributed by atoms with Crippen LogP contribution >= 0.6 is 11.3 Å². The monoisotopic (exact) mass is 341 g/mol. The van der Waals surface area contributed by atoms with Crippen molar-refractivity contribution in [3.8, 4) is 0 Å². The molecule has 122 valence electrons. The molecule has 2 aromatic heterocycles. The van der Waals surface area contributed by atoms with Crippen LogP contribution in [0, 0.1) is 0 Å². The molecule has 0 saturated heterocycles. The van der Waals surface area contributed by atoms with Crippen LogP contribution in [0.1, 0.15) is 29.7 Å². The summed E-state index contributed by atoms with van der Waals surface area (Å²) in [5.74, 6) is -1.39. The van der Waals surface area contributed by atoms with Crippen molar-refractivity contribution >= 4 is 33.4 Å². The smallest absolute Gasteiger partial charge is 0.326 e. The number of nitrogens with zero attached hydrogens (tertiary/aromatic N) is 3. The number of rotatable bonds is 4. The summed E-state index contributed by atoms with van der Waals surface area (Å²) in [6.07, 6.45) is 3.41. The third-order valence-electron chi connectivity index (χ3n) is 3.62. The van der Waals surface area contributed by atoms with Gasteiger partial charge in [-0.05, 0) is 30.7 Å². The van der Waals surface area contributed by atoms with Crippen molar-refractivity contribution in [2.24, 2.45) is 4.99 Å². The van der Waals surface area contributed by atoms with Crippen molar-refractivity contribution in [1.82, 2.24) is 9.55 Å². The Kier molecular flexibility index (Phi) is 4.52. The molecule has 3 aromatic rings. The zero-order valence-corrected chi connectivity index (χ0v) is 13.7. The molecule has 0 fully saturated rings. The number of aliphatic carboxylic acids is 1.